The number of nitrogens with zero attached hydrogens (tertiary/aromatic N) is 1. The van der Waals surface area contributed by atoms with E-state index in [1.165, 1.54) is 24.4 Å². The number of benzene rings is 1. The zero-order valence-electron chi connectivity index (χ0n) is 12.3. The predicted octanol–water partition coefficient (Wildman–Crippen LogP) is 2.21. The fourth-order valence-corrected chi connectivity index (χ4v) is 1.90. The normalized spacial score (nSPS) is 9.96. The van der Waals surface area contributed by atoms with Crippen molar-refractivity contribution in [1.29, 1.82) is 0 Å². The molecule has 23 heavy (non-hydrogen) atoms. The highest BCUT2D eigenvalue weighted by Gasteiger charge is 2.18. The van der Waals surface area contributed by atoms with E-state index in [1.54, 1.807) is 25.1 Å². The number of carbonyl (C=O) groups excluding carboxylic acids is 2. The molecule has 0 atom stereocenters. The van der Waals surface area contributed by atoms with Crippen LogP contribution in [-0.2, 0) is 4.74 Å². The maximum Gasteiger partial charge on any atom is 0.355 e. The summed E-state index contributed by atoms with van der Waals surface area (Å²) >= 11 is 0. The zero-order chi connectivity index (χ0) is 16.8. The molecule has 0 aliphatic rings. The third-order valence-electron chi connectivity index (χ3n) is 2.89. The molecule has 118 valence electrons. The largest absolute Gasteiger partial charge is 0.476 e. The van der Waals surface area contributed by atoms with Crippen molar-refractivity contribution >= 4 is 23.5 Å². The van der Waals surface area contributed by atoms with Gasteiger partial charge in [0.2, 0.25) is 0 Å². The lowest BCUT2D eigenvalue weighted by atomic mass is 10.1. The van der Waals surface area contributed by atoms with Crippen molar-refractivity contribution in [3.05, 3.63) is 59.4 Å². The lowest BCUT2D eigenvalue weighted by Crippen LogP contribution is -2.17. The van der Waals surface area contributed by atoms with Crippen LogP contribution in [0.2, 0.25) is 0 Å². The lowest BCUT2D eigenvalue weighted by Gasteiger charge is -2.08. The van der Waals surface area contributed by atoms with Gasteiger partial charge in [0.05, 0.1) is 17.7 Å². The number of nitrogens with one attached hydrogen (secondary N) is 1. The van der Waals surface area contributed by atoms with Crippen LogP contribution in [0.3, 0.4) is 0 Å². The molecular weight excluding hydrogens is 300 g/mol. The first-order chi connectivity index (χ1) is 11.0. The van der Waals surface area contributed by atoms with Gasteiger partial charge in [-0.1, -0.05) is 6.07 Å². The first-order valence-corrected chi connectivity index (χ1v) is 6.79. The Morgan fingerprint density at radius 2 is 2.00 bits per heavy atom. The summed E-state index contributed by atoms with van der Waals surface area (Å²) in [7, 11) is 0. The van der Waals surface area contributed by atoms with Gasteiger partial charge in [0.1, 0.15) is 0 Å². The van der Waals surface area contributed by atoms with Crippen molar-refractivity contribution < 1.29 is 24.2 Å². The maximum atomic E-state index is 12.2. The van der Waals surface area contributed by atoms with Crippen LogP contribution in [0.25, 0.3) is 0 Å². The molecule has 1 amide bonds. The average Bonchev–Trinajstić information content (AvgIpc) is 2.55. The molecule has 0 spiro atoms. The molecule has 1 heterocycles. The molecule has 7 heteroatoms. The number of aromatic nitrogens is 1. The second-order valence-corrected chi connectivity index (χ2v) is 4.46. The maximum absolute atomic E-state index is 12.2. The highest BCUT2D eigenvalue weighted by molar-refractivity contribution is 6.10. The number of esters is 1. The third kappa shape index (κ3) is 3.91. The van der Waals surface area contributed by atoms with E-state index < -0.39 is 17.8 Å². The number of aromatic carboxylic acids is 1. The number of carbonyl (C=O) groups is 3. The molecule has 0 saturated carbocycles. The summed E-state index contributed by atoms with van der Waals surface area (Å²) in [6, 6.07) is 9.01. The molecular formula is C16H14N2O5. The van der Waals surface area contributed by atoms with Gasteiger partial charge in [-0.2, -0.15) is 0 Å². The Kier molecular flexibility index (Phi) is 5.03. The van der Waals surface area contributed by atoms with Gasteiger partial charge in [0.25, 0.3) is 5.91 Å². The number of carboxylic acid groups (broad SMARTS) is 1. The Bertz CT molecular complexity index is 758. The number of amides is 1. The number of hydrogen-bond donors (Lipinski definition) is 2. The van der Waals surface area contributed by atoms with Crippen LogP contribution in [0.4, 0.5) is 5.69 Å². The second-order valence-electron chi connectivity index (χ2n) is 4.46. The molecule has 0 unspecified atom stereocenters. The molecule has 0 bridgehead atoms. The summed E-state index contributed by atoms with van der Waals surface area (Å²) in [4.78, 5) is 38.7. The molecule has 0 fully saturated rings. The highest BCUT2D eigenvalue weighted by atomic mass is 16.5. The van der Waals surface area contributed by atoms with Crippen molar-refractivity contribution in [3.8, 4) is 0 Å². The van der Waals surface area contributed by atoms with Crippen LogP contribution in [-0.4, -0.2) is 34.5 Å². The van der Waals surface area contributed by atoms with Crippen LogP contribution in [0.15, 0.2) is 42.6 Å². The van der Waals surface area contributed by atoms with Gasteiger partial charge in [0.15, 0.2) is 5.69 Å². The van der Waals surface area contributed by atoms with E-state index in [0.29, 0.717) is 5.69 Å². The molecule has 7 nitrogen and oxygen atoms in total. The summed E-state index contributed by atoms with van der Waals surface area (Å²) in [6.45, 7) is 1.94. The molecule has 0 aliphatic heterocycles. The number of rotatable bonds is 5. The fraction of sp³-hybridized carbons (Fsp3) is 0.125. The minimum atomic E-state index is -1.30. The number of anilines is 1. The van der Waals surface area contributed by atoms with E-state index in [0.717, 1.165) is 0 Å². The Morgan fingerprint density at radius 3 is 2.70 bits per heavy atom. The van der Waals surface area contributed by atoms with Crippen LogP contribution in [0.1, 0.15) is 38.1 Å². The molecule has 2 aromatic rings. The summed E-state index contributed by atoms with van der Waals surface area (Å²) in [5, 5.41) is 11.6. The van der Waals surface area contributed by atoms with E-state index in [2.05, 4.69) is 10.3 Å². The van der Waals surface area contributed by atoms with Crippen LogP contribution in [0.5, 0.6) is 0 Å². The summed E-state index contributed by atoms with van der Waals surface area (Å²) in [5.41, 5.74) is 0.225. The molecule has 2 N–H and O–H groups in total. The van der Waals surface area contributed by atoms with Crippen molar-refractivity contribution in [2.45, 2.75) is 6.92 Å². The monoisotopic (exact) mass is 314 g/mol. The van der Waals surface area contributed by atoms with Gasteiger partial charge in [-0.05, 0) is 37.3 Å². The quantitative estimate of drug-likeness (QED) is 0.820. The topological polar surface area (TPSA) is 106 Å². The Hall–Kier alpha value is -3.22. The predicted molar refractivity (Wildman–Crippen MR) is 81.5 cm³/mol. The Morgan fingerprint density at radius 1 is 1.22 bits per heavy atom. The van der Waals surface area contributed by atoms with Crippen LogP contribution in [0, 0.1) is 0 Å². The molecule has 1 aromatic heterocycles. The molecule has 0 saturated heterocycles. The Labute approximate surface area is 131 Å². The van der Waals surface area contributed by atoms with Gasteiger partial charge in [-0.3, -0.25) is 4.79 Å². The van der Waals surface area contributed by atoms with Gasteiger partial charge < -0.3 is 15.2 Å². The SMILES string of the molecule is CCOC(=O)c1cccc(NC(=O)c2cccnc2C(=O)O)c1. The second kappa shape index (κ2) is 7.17. The number of ether oxygens (including phenoxy) is 1. The smallest absolute Gasteiger partial charge is 0.355 e. The van der Waals surface area contributed by atoms with Crippen LogP contribution < -0.4 is 5.32 Å². The highest BCUT2D eigenvalue weighted by Crippen LogP contribution is 2.14. The summed E-state index contributed by atoms with van der Waals surface area (Å²) in [6.07, 6.45) is 1.29. The minimum Gasteiger partial charge on any atom is -0.476 e. The molecule has 1 aromatic carbocycles. The fourth-order valence-electron chi connectivity index (χ4n) is 1.90. The van der Waals surface area contributed by atoms with Gasteiger partial charge >= 0.3 is 11.9 Å². The molecule has 0 radical (unpaired) electrons. The van der Waals surface area contributed by atoms with Gasteiger partial charge in [-0.25, -0.2) is 14.6 Å². The van der Waals surface area contributed by atoms with Gasteiger partial charge in [0, 0.05) is 11.9 Å². The first kappa shape index (κ1) is 16.2. The number of pyridine rings is 1. The first-order valence-electron chi connectivity index (χ1n) is 6.79. The lowest BCUT2D eigenvalue weighted by molar-refractivity contribution is 0.0525. The van der Waals surface area contributed by atoms with E-state index >= 15 is 0 Å². The van der Waals surface area contributed by atoms with E-state index in [9.17, 15) is 14.4 Å². The Balaban J connectivity index is 2.23. The third-order valence-corrected chi connectivity index (χ3v) is 2.89. The number of carboxylic acids is 1. The average molecular weight is 314 g/mol. The standard InChI is InChI=1S/C16H14N2O5/c1-2-23-16(22)10-5-3-6-11(9-10)18-14(19)12-7-4-8-17-13(12)15(20)21/h3-9H,2H2,1H3,(H,18,19)(H,20,21). The van der Waals surface area contributed by atoms with Crippen molar-refractivity contribution in [1.82, 2.24) is 4.98 Å². The van der Waals surface area contributed by atoms with E-state index in [1.807, 2.05) is 0 Å². The zero-order valence-corrected chi connectivity index (χ0v) is 12.3. The summed E-state index contributed by atoms with van der Waals surface area (Å²) < 4.78 is 4.88. The van der Waals surface area contributed by atoms with Gasteiger partial charge in [-0.15, -0.1) is 0 Å². The number of hydrogen-bond acceptors (Lipinski definition) is 5. The molecule has 0 aliphatic carbocycles. The van der Waals surface area contributed by atoms with E-state index in [-0.39, 0.29) is 23.4 Å². The van der Waals surface area contributed by atoms with E-state index in [4.69, 9.17) is 9.84 Å². The summed E-state index contributed by atoms with van der Waals surface area (Å²) in [5.74, 6) is -2.43. The minimum absolute atomic E-state index is 0.0680. The van der Waals surface area contributed by atoms with Crippen molar-refractivity contribution in [3.63, 3.8) is 0 Å². The van der Waals surface area contributed by atoms with Crippen molar-refractivity contribution in [2.24, 2.45) is 0 Å². The molecule has 2 rings (SSSR count). The van der Waals surface area contributed by atoms with Crippen LogP contribution >= 0.6 is 0 Å². The van der Waals surface area contributed by atoms with Crippen molar-refractivity contribution in [2.75, 3.05) is 11.9 Å².